The van der Waals surface area contributed by atoms with Crippen LogP contribution in [0.2, 0.25) is 0 Å². The van der Waals surface area contributed by atoms with Crippen LogP contribution in [0.5, 0.6) is 0 Å². The Morgan fingerprint density at radius 2 is 0.619 bits per heavy atom. The Bertz CT molecular complexity index is 186. The normalized spacial score (nSPS) is 14.0. The average Bonchev–Trinajstić information content (AvgIpc) is 2.53. The van der Waals surface area contributed by atoms with Crippen LogP contribution in [-0.2, 0) is 33.7 Å². The van der Waals surface area contributed by atoms with Crippen LogP contribution < -0.4 is 0 Å². The zero-order chi connectivity index (χ0) is 16.1. The van der Waals surface area contributed by atoms with Crippen molar-refractivity contribution in [3.8, 4) is 0 Å². The van der Waals surface area contributed by atoms with Crippen LogP contribution in [0.1, 0.15) is 66.7 Å². The summed E-state index contributed by atoms with van der Waals surface area (Å²) in [5, 5.41) is 0. The van der Waals surface area contributed by atoms with Crippen LogP contribution in [0.3, 0.4) is 0 Å². The van der Waals surface area contributed by atoms with Gasteiger partial charge in [-0.2, -0.15) is 0 Å². The topological polar surface area (TPSA) is 46.2 Å². The van der Waals surface area contributed by atoms with E-state index >= 15 is 0 Å². The quantitative estimate of drug-likeness (QED) is 0.349. The van der Waals surface area contributed by atoms with Crippen LogP contribution >= 0.6 is 0 Å². The molecule has 0 fully saturated rings. The van der Waals surface area contributed by atoms with Crippen molar-refractivity contribution in [2.45, 2.75) is 66.7 Å². The molecule has 0 aliphatic rings. The molecule has 0 heterocycles. The molecule has 0 rings (SSSR count). The maximum absolute atomic E-state index is 6.09. The van der Waals surface area contributed by atoms with Gasteiger partial charge in [-0.15, -0.1) is 0 Å². The third-order valence-electron chi connectivity index (χ3n) is 2.40. The van der Waals surface area contributed by atoms with E-state index in [0.717, 1.165) is 32.1 Å². The van der Waals surface area contributed by atoms with Gasteiger partial charge in [0.15, 0.2) is 0 Å². The second-order valence-corrected chi connectivity index (χ2v) is 13.9. The monoisotopic (exact) mass is 479 g/mol. The molecule has 0 amide bonds. The van der Waals surface area contributed by atoms with Gasteiger partial charge in [0.2, 0.25) is 0 Å². The van der Waals surface area contributed by atoms with E-state index in [-0.39, 0.29) is 0 Å². The molecular formula is C15H35O5W. The molecule has 131 valence electrons. The second kappa shape index (κ2) is 12.0. The zero-order valence-corrected chi connectivity index (χ0v) is 17.5. The Balaban J connectivity index is 5.33. The Morgan fingerprint density at radius 3 is 0.762 bits per heavy atom. The van der Waals surface area contributed by atoms with E-state index in [0.29, 0.717) is 33.0 Å². The van der Waals surface area contributed by atoms with Crippen LogP contribution in [-0.4, -0.2) is 33.0 Å². The Labute approximate surface area is 133 Å². The first-order valence-corrected chi connectivity index (χ1v) is 14.3. The number of hydrogen-bond acceptors (Lipinski definition) is 5. The van der Waals surface area contributed by atoms with Crippen molar-refractivity contribution in [2.75, 3.05) is 33.0 Å². The van der Waals surface area contributed by atoms with Crippen LogP contribution in [0, 0.1) is 0 Å². The third kappa shape index (κ3) is 7.53. The molecule has 5 nitrogen and oxygen atoms in total. The van der Waals surface area contributed by atoms with E-state index < -0.39 is 16.7 Å². The van der Waals surface area contributed by atoms with Gasteiger partial charge in [-0.25, -0.2) is 0 Å². The van der Waals surface area contributed by atoms with Gasteiger partial charge in [-0.3, -0.25) is 0 Å². The van der Waals surface area contributed by atoms with E-state index in [9.17, 15) is 0 Å². The van der Waals surface area contributed by atoms with Gasteiger partial charge >= 0.3 is 133 Å². The minimum absolute atomic E-state index is 0.533. The first-order chi connectivity index (χ1) is 10.1. The molecule has 0 radical (unpaired) electrons. The zero-order valence-electron chi connectivity index (χ0n) is 14.5. The SMILES string of the molecule is CCC[O][W]([O]CCC)([O]CCC)([O]CCC)[O]CCC. The van der Waals surface area contributed by atoms with E-state index in [1.165, 1.54) is 0 Å². The Kier molecular flexibility index (Phi) is 12.3. The molecule has 0 N–H and O–H groups in total. The van der Waals surface area contributed by atoms with Crippen molar-refractivity contribution in [3.63, 3.8) is 0 Å². The molecule has 0 unspecified atom stereocenters. The second-order valence-electron chi connectivity index (χ2n) is 4.79. The summed E-state index contributed by atoms with van der Waals surface area (Å²) < 4.78 is 30.5. The predicted molar refractivity (Wildman–Crippen MR) is 81.2 cm³/mol. The molecule has 0 atom stereocenters. The Hall–Kier alpha value is 0.488. The molecule has 0 aromatic heterocycles. The molecule has 0 saturated carbocycles. The van der Waals surface area contributed by atoms with E-state index in [2.05, 4.69) is 34.6 Å². The fourth-order valence-electron chi connectivity index (χ4n) is 1.44. The molecule has 0 aromatic rings. The average molecular weight is 479 g/mol. The molecule has 0 bridgehead atoms. The van der Waals surface area contributed by atoms with Crippen LogP contribution in [0.25, 0.3) is 0 Å². The fraction of sp³-hybridized carbons (Fsp3) is 1.00. The first-order valence-electron chi connectivity index (χ1n) is 8.31. The van der Waals surface area contributed by atoms with Gasteiger partial charge in [0.25, 0.3) is 0 Å². The summed E-state index contributed by atoms with van der Waals surface area (Å²) in [6.45, 7) is 13.0. The number of hydrogen-bond donors (Lipinski definition) is 0. The van der Waals surface area contributed by atoms with Crippen LogP contribution in [0.15, 0.2) is 0 Å². The van der Waals surface area contributed by atoms with E-state index in [4.69, 9.17) is 17.0 Å². The van der Waals surface area contributed by atoms with Gasteiger partial charge in [-0.1, -0.05) is 0 Å². The van der Waals surface area contributed by atoms with Crippen molar-refractivity contribution in [1.82, 2.24) is 0 Å². The molecule has 0 spiro atoms. The van der Waals surface area contributed by atoms with Gasteiger partial charge in [0.05, 0.1) is 0 Å². The van der Waals surface area contributed by atoms with E-state index in [1.807, 2.05) is 0 Å². The van der Waals surface area contributed by atoms with Crippen molar-refractivity contribution >= 4 is 0 Å². The maximum atomic E-state index is 6.09. The summed E-state index contributed by atoms with van der Waals surface area (Å²) >= 11 is -4.97. The summed E-state index contributed by atoms with van der Waals surface area (Å²) in [4.78, 5) is 0. The molecule has 6 heteroatoms. The summed E-state index contributed by atoms with van der Waals surface area (Å²) in [6.07, 6.45) is 4.37. The van der Waals surface area contributed by atoms with Crippen molar-refractivity contribution < 1.29 is 33.7 Å². The van der Waals surface area contributed by atoms with Gasteiger partial charge in [0.1, 0.15) is 0 Å². The summed E-state index contributed by atoms with van der Waals surface area (Å²) in [6, 6.07) is 0. The summed E-state index contributed by atoms with van der Waals surface area (Å²) in [5.74, 6) is 0. The summed E-state index contributed by atoms with van der Waals surface area (Å²) in [5.41, 5.74) is 0. The number of rotatable bonds is 15. The van der Waals surface area contributed by atoms with Crippen molar-refractivity contribution in [1.29, 1.82) is 0 Å². The predicted octanol–water partition coefficient (Wildman–Crippen LogP) is 4.38. The fourth-order valence-corrected chi connectivity index (χ4v) is 11.8. The molecular weight excluding hydrogens is 444 g/mol. The van der Waals surface area contributed by atoms with Crippen molar-refractivity contribution in [2.24, 2.45) is 0 Å². The molecule has 0 aromatic carbocycles. The van der Waals surface area contributed by atoms with Crippen molar-refractivity contribution in [3.05, 3.63) is 0 Å². The van der Waals surface area contributed by atoms with E-state index in [1.54, 1.807) is 0 Å². The summed E-state index contributed by atoms with van der Waals surface area (Å²) in [7, 11) is 0. The standard InChI is InChI=1S/5C3H7O.W/c5*1-2-3-4;/h5*2-3H2,1H3;/q5*-1;+5. The minimum atomic E-state index is -4.97. The molecule has 0 aliphatic carbocycles. The van der Waals surface area contributed by atoms with Gasteiger partial charge < -0.3 is 0 Å². The van der Waals surface area contributed by atoms with Crippen LogP contribution in [0.4, 0.5) is 0 Å². The third-order valence-corrected chi connectivity index (χ3v) is 12.3. The Morgan fingerprint density at radius 1 is 0.429 bits per heavy atom. The van der Waals surface area contributed by atoms with Gasteiger partial charge in [0, 0.05) is 0 Å². The molecule has 21 heavy (non-hydrogen) atoms. The molecule has 0 saturated heterocycles. The molecule has 0 aliphatic heterocycles. The van der Waals surface area contributed by atoms with Gasteiger partial charge in [-0.05, 0) is 0 Å². The first kappa shape index (κ1) is 21.5.